The number of pyridine rings is 4. The molecule has 13 N–H and O–H groups in total. The number of rotatable bonds is 22. The van der Waals surface area contributed by atoms with Crippen LogP contribution in [-0.2, 0) is 28.4 Å². The molecular weight excluding hydrogens is 1510 g/mol. The minimum absolute atomic E-state index is 0. The maximum Gasteiger partial charge on any atom is 0.150 e. The molecule has 2 saturated heterocycles. The fraction of sp³-hybridized carbons (Fsp3) is 0.459. The standard InChI is InChI=1S/C23H33N5O2S.C19H23BrN4OS.2C14H17N5OS.C4H11NO.ClH/c1-15(29-5)14-24-16-13-20(27-23(2,3)4)26-17-12-19(31-22(16)17)18-9-10-25-28(18)21-8-6-7-11-30-21;1-19(2,3)23-16-10-12(20)18-13(22-16)11-15(26-18)14-7-8-21-24(14)17-6-4-5-9-25-17;2*1-8(20-2)7-16-10-6-13(15)18-11-5-12(21-14(10)11)9-3-4-17-19-9;1-4(3-5)6-2;/h9-10,12-13,15,21H,6-8,11,14H2,1-5H3,(H2,24,26,27);7-8,10-11,17H,4-6,9H2,1-3H3,(H,22,23);2*3-6,8H,7H2,1-2H3,(H,17,19)(H3,15,16,18);4H,3,5H2,1-2H3;1H/t15-,21?;;2*8-;4-;/m1.111./s1. The van der Waals surface area contributed by atoms with Gasteiger partial charge < -0.3 is 72.2 Å². The third-order valence-electron chi connectivity index (χ3n) is 16.8. The number of aromatic nitrogens is 12. The van der Waals surface area contributed by atoms with Crippen molar-refractivity contribution in [2.45, 2.75) is 156 Å². The molecule has 0 radical (unpaired) electrons. The number of nitrogens with one attached hydrogen (secondary N) is 7. The number of nitrogens with zero attached hydrogens (tertiary/aromatic N) is 10. The van der Waals surface area contributed by atoms with Crippen molar-refractivity contribution in [1.82, 2.24) is 59.9 Å². The number of halogens is 2. The summed E-state index contributed by atoms with van der Waals surface area (Å²) in [4.78, 5) is 23.0. The Balaban J connectivity index is 0.000000160. The number of methoxy groups -OCH3 is 4. The molecule has 0 aliphatic carbocycles. The molecule has 6 atom stereocenters. The SMILES string of the molecule is CC(C)(C)Nc1cc(Br)c2sc(-c3ccnn3C3CCCCO3)cc2n1.CO[C@H](C)CN.CO[C@H](C)CNc1cc(N)nc2cc(-c3ccn[nH]3)sc12.CO[C@H](C)CNc1cc(N)nc2cc(-c3ccn[nH]3)sc12.CO[C@H](C)CNc1cc(NC(C)(C)C)nc2cc(-c3ccnn3C3CCCCO3)sc12.Cl. The predicted octanol–water partition coefficient (Wildman–Crippen LogP) is 17.2. The van der Waals surface area contributed by atoms with Crippen LogP contribution in [-0.4, -0.2) is 163 Å². The zero-order valence-electron chi connectivity index (χ0n) is 62.8. The third kappa shape index (κ3) is 22.5. The van der Waals surface area contributed by atoms with Crippen LogP contribution in [0.15, 0.2) is 102 Å². The van der Waals surface area contributed by atoms with Gasteiger partial charge in [0, 0.05) is 126 Å². The van der Waals surface area contributed by atoms with Gasteiger partial charge in [0.25, 0.3) is 0 Å². The van der Waals surface area contributed by atoms with Crippen molar-refractivity contribution < 1.29 is 28.4 Å². The number of nitrogen functional groups attached to an aromatic ring is 2. The first kappa shape index (κ1) is 82.4. The van der Waals surface area contributed by atoms with Crippen LogP contribution in [0.2, 0.25) is 0 Å². The van der Waals surface area contributed by atoms with Crippen molar-refractivity contribution in [1.29, 1.82) is 0 Å². The molecular formula is C74H102BrClN20O6S4. The lowest BCUT2D eigenvalue weighted by molar-refractivity contribution is -0.0384. The molecule has 106 heavy (non-hydrogen) atoms. The molecule has 12 aromatic heterocycles. The second-order valence-electron chi connectivity index (χ2n) is 27.8. The van der Waals surface area contributed by atoms with Gasteiger partial charge in [-0.25, -0.2) is 29.3 Å². The number of fused-ring (bicyclic) bond motifs is 4. The molecule has 0 spiro atoms. The zero-order valence-corrected chi connectivity index (χ0v) is 68.4. The Morgan fingerprint density at radius 2 is 0.887 bits per heavy atom. The Morgan fingerprint density at radius 1 is 0.509 bits per heavy atom. The molecule has 2 aliphatic rings. The first-order valence-electron chi connectivity index (χ1n) is 35.2. The summed E-state index contributed by atoms with van der Waals surface area (Å²) < 4.78 is 42.2. The minimum Gasteiger partial charge on any atom is -0.384 e. The summed E-state index contributed by atoms with van der Waals surface area (Å²) in [5.41, 5.74) is 27.7. The molecule has 14 rings (SSSR count). The second-order valence-corrected chi connectivity index (χ2v) is 32.8. The molecule has 0 amide bonds. The fourth-order valence-electron chi connectivity index (χ4n) is 11.1. The van der Waals surface area contributed by atoms with Crippen LogP contribution < -0.4 is 43.8 Å². The van der Waals surface area contributed by atoms with Gasteiger partial charge >= 0.3 is 0 Å². The number of hydrogen-bond acceptors (Lipinski definition) is 26. The lowest BCUT2D eigenvalue weighted by Crippen LogP contribution is -2.26. The van der Waals surface area contributed by atoms with Gasteiger partial charge in [-0.15, -0.1) is 57.8 Å². The third-order valence-corrected chi connectivity index (χ3v) is 22.5. The molecule has 14 heterocycles. The van der Waals surface area contributed by atoms with Crippen LogP contribution in [0, 0.1) is 0 Å². The van der Waals surface area contributed by atoms with Crippen LogP contribution in [0.4, 0.5) is 40.3 Å². The molecule has 2 unspecified atom stereocenters. The van der Waals surface area contributed by atoms with Crippen molar-refractivity contribution in [2.24, 2.45) is 5.73 Å². The first-order chi connectivity index (χ1) is 50.4. The highest BCUT2D eigenvalue weighted by Crippen LogP contribution is 2.43. The van der Waals surface area contributed by atoms with Crippen LogP contribution in [0.3, 0.4) is 0 Å². The minimum atomic E-state index is -0.0758. The summed E-state index contributed by atoms with van der Waals surface area (Å²) in [5, 5.41) is 40.3. The number of anilines is 7. The second kappa shape index (κ2) is 38.4. The summed E-state index contributed by atoms with van der Waals surface area (Å²) in [5.74, 6) is 2.75. The monoisotopic (exact) mass is 1610 g/mol. The molecule has 0 aromatic carbocycles. The molecule has 32 heteroatoms. The highest BCUT2D eigenvalue weighted by Gasteiger charge is 2.25. The van der Waals surface area contributed by atoms with E-state index in [0.717, 1.165) is 162 Å². The van der Waals surface area contributed by atoms with E-state index in [4.69, 9.17) is 55.6 Å². The predicted molar refractivity (Wildman–Crippen MR) is 445 cm³/mol. The van der Waals surface area contributed by atoms with E-state index in [1.807, 2.05) is 78.9 Å². The van der Waals surface area contributed by atoms with E-state index in [0.29, 0.717) is 31.3 Å². The summed E-state index contributed by atoms with van der Waals surface area (Å²) in [6, 6.07) is 24.2. The highest BCUT2D eigenvalue weighted by atomic mass is 79.9. The van der Waals surface area contributed by atoms with Gasteiger partial charge in [-0.1, -0.05) is 0 Å². The van der Waals surface area contributed by atoms with Gasteiger partial charge in [0.05, 0.1) is 125 Å². The van der Waals surface area contributed by atoms with Crippen molar-refractivity contribution in [3.8, 4) is 42.3 Å². The van der Waals surface area contributed by atoms with E-state index in [2.05, 4.69) is 168 Å². The lowest BCUT2D eigenvalue weighted by atomic mass is 10.1. The number of hydrogen-bond donors (Lipinski definition) is 10. The van der Waals surface area contributed by atoms with Crippen LogP contribution in [0.25, 0.3) is 83.2 Å². The molecule has 0 saturated carbocycles. The molecule has 12 aromatic rings. The number of nitrogens with two attached hydrogens (primary N) is 3. The van der Waals surface area contributed by atoms with E-state index < -0.39 is 0 Å². The Morgan fingerprint density at radius 3 is 1.25 bits per heavy atom. The van der Waals surface area contributed by atoms with E-state index >= 15 is 0 Å². The lowest BCUT2D eigenvalue weighted by Gasteiger charge is -2.24. The van der Waals surface area contributed by atoms with E-state index in [1.165, 1.54) is 12.8 Å². The quantitative estimate of drug-likeness (QED) is 0.0301. The van der Waals surface area contributed by atoms with Crippen molar-refractivity contribution in [2.75, 3.05) is 106 Å². The Hall–Kier alpha value is -7.63. The fourth-order valence-corrected chi connectivity index (χ4v) is 16.0. The van der Waals surface area contributed by atoms with Gasteiger partial charge in [0.2, 0.25) is 0 Å². The molecule has 2 aliphatic heterocycles. The van der Waals surface area contributed by atoms with Gasteiger partial charge in [0.1, 0.15) is 23.3 Å². The van der Waals surface area contributed by atoms with Gasteiger partial charge in [0.15, 0.2) is 12.5 Å². The average Bonchev–Trinajstić information content (AvgIpc) is 1.66. The van der Waals surface area contributed by atoms with E-state index in [9.17, 15) is 0 Å². The van der Waals surface area contributed by atoms with Crippen LogP contribution in [0.1, 0.15) is 120 Å². The Kier molecular flexibility index (Phi) is 29.9. The van der Waals surface area contributed by atoms with Crippen molar-refractivity contribution in [3.05, 3.63) is 102 Å². The number of aromatic amines is 2. The molecule has 2 fully saturated rings. The van der Waals surface area contributed by atoms with E-state index in [-0.39, 0.29) is 60.4 Å². The first-order valence-corrected chi connectivity index (χ1v) is 39.3. The smallest absolute Gasteiger partial charge is 0.150 e. The zero-order chi connectivity index (χ0) is 75.0. The van der Waals surface area contributed by atoms with Crippen LogP contribution in [0.5, 0.6) is 0 Å². The Bertz CT molecular complexity index is 4540. The number of thiophene rings is 4. The molecule has 0 bridgehead atoms. The van der Waals surface area contributed by atoms with Crippen molar-refractivity contribution in [3.63, 3.8) is 0 Å². The van der Waals surface area contributed by atoms with Crippen molar-refractivity contribution >= 4 is 155 Å². The number of H-pyrrole nitrogens is 2. The number of ether oxygens (including phenoxy) is 6. The topological polar surface area (TPSA) is 338 Å². The average molecular weight is 1610 g/mol. The van der Waals surface area contributed by atoms with Gasteiger partial charge in [-0.05, 0) is 178 Å². The van der Waals surface area contributed by atoms with Crippen LogP contribution >= 0.6 is 73.7 Å². The normalized spacial score (nSPS) is 15.7. The van der Waals surface area contributed by atoms with E-state index in [1.54, 1.807) is 86.2 Å². The molecule has 26 nitrogen and oxygen atoms in total. The molecule has 572 valence electrons. The largest absolute Gasteiger partial charge is 0.384 e. The van der Waals surface area contributed by atoms with Gasteiger partial charge in [-0.2, -0.15) is 20.4 Å². The summed E-state index contributed by atoms with van der Waals surface area (Å²) in [6.07, 6.45) is 14.4. The summed E-state index contributed by atoms with van der Waals surface area (Å²) in [6.45, 7) is 25.2. The maximum atomic E-state index is 5.99. The summed E-state index contributed by atoms with van der Waals surface area (Å²) in [7, 11) is 6.78. The maximum absolute atomic E-state index is 5.99. The Labute approximate surface area is 650 Å². The summed E-state index contributed by atoms with van der Waals surface area (Å²) >= 11 is 10.5. The van der Waals surface area contributed by atoms with Gasteiger partial charge in [-0.3, -0.25) is 10.2 Å². The highest BCUT2D eigenvalue weighted by molar-refractivity contribution is 9.10.